The van der Waals surface area contributed by atoms with Gasteiger partial charge in [-0.25, -0.2) is 18.7 Å². The quantitative estimate of drug-likeness (QED) is 0.858. The highest BCUT2D eigenvalue weighted by molar-refractivity contribution is 5.25. The lowest BCUT2D eigenvalue weighted by Crippen LogP contribution is -2.08. The highest BCUT2D eigenvalue weighted by Gasteiger charge is 2.46. The van der Waals surface area contributed by atoms with Crippen LogP contribution in [0.2, 0.25) is 0 Å². The van der Waals surface area contributed by atoms with Gasteiger partial charge in [-0.05, 0) is 37.0 Å². The molecule has 0 aliphatic heterocycles. The Hall–Kier alpha value is -1.26. The molecule has 0 spiro atoms. The molecule has 0 radical (unpaired) electrons. The molecule has 2 aliphatic rings. The Morgan fingerprint density at radius 2 is 2.00 bits per heavy atom. The molecule has 1 aromatic rings. The van der Waals surface area contributed by atoms with Gasteiger partial charge in [0.05, 0.1) is 5.56 Å². The molecule has 0 unspecified atom stereocenters. The molecule has 3 nitrogen and oxygen atoms in total. The van der Waals surface area contributed by atoms with E-state index in [2.05, 4.69) is 15.3 Å². The van der Waals surface area contributed by atoms with Gasteiger partial charge in [-0.15, -0.1) is 0 Å². The molecular weight excluding hydrogens is 224 g/mol. The second-order valence-electron chi connectivity index (χ2n) is 5.02. The number of nitrogens with one attached hydrogen (secondary N) is 1. The largest absolute Gasteiger partial charge is 0.354 e. The molecule has 92 valence electrons. The summed E-state index contributed by atoms with van der Waals surface area (Å²) in [5.41, 5.74) is -0.127. The van der Waals surface area contributed by atoms with Gasteiger partial charge in [0.2, 0.25) is 5.95 Å². The number of rotatable bonds is 5. The third kappa shape index (κ3) is 2.53. The average molecular weight is 239 g/mol. The Bertz CT molecular complexity index is 389. The number of aromatic nitrogens is 2. The number of hydrogen-bond donors (Lipinski definition) is 1. The highest BCUT2D eigenvalue weighted by atomic mass is 19.3. The van der Waals surface area contributed by atoms with Crippen LogP contribution in [0, 0.1) is 17.8 Å². The molecule has 1 N–H and O–H groups in total. The van der Waals surface area contributed by atoms with Gasteiger partial charge in [-0.3, -0.25) is 0 Å². The van der Waals surface area contributed by atoms with E-state index < -0.39 is 6.43 Å². The zero-order valence-corrected chi connectivity index (χ0v) is 9.44. The zero-order chi connectivity index (χ0) is 11.8. The van der Waals surface area contributed by atoms with Gasteiger partial charge in [-0.2, -0.15) is 0 Å². The summed E-state index contributed by atoms with van der Waals surface area (Å²) in [7, 11) is 0. The summed E-state index contributed by atoms with van der Waals surface area (Å²) in [6.45, 7) is 0.870. The lowest BCUT2D eigenvalue weighted by molar-refractivity contribution is 0.150. The molecule has 3 rings (SSSR count). The summed E-state index contributed by atoms with van der Waals surface area (Å²) >= 11 is 0. The SMILES string of the molecule is FC(F)c1cnc(NC[C@@H]2C[C@H]2C2CC2)nc1. The maximum Gasteiger partial charge on any atom is 0.266 e. The third-order valence-electron chi connectivity index (χ3n) is 3.65. The lowest BCUT2D eigenvalue weighted by Gasteiger charge is -2.04. The molecule has 2 atom stereocenters. The second kappa shape index (κ2) is 4.20. The number of hydrogen-bond acceptors (Lipinski definition) is 3. The number of anilines is 1. The fourth-order valence-electron chi connectivity index (χ4n) is 2.37. The van der Waals surface area contributed by atoms with Gasteiger partial charge in [0.15, 0.2) is 0 Å². The molecule has 17 heavy (non-hydrogen) atoms. The minimum atomic E-state index is -2.49. The van der Waals surface area contributed by atoms with E-state index in [9.17, 15) is 8.78 Å². The van der Waals surface area contributed by atoms with Crippen LogP contribution in [0.25, 0.3) is 0 Å². The Kier molecular flexibility index (Phi) is 2.68. The van der Waals surface area contributed by atoms with Crippen molar-refractivity contribution in [2.75, 3.05) is 11.9 Å². The minimum Gasteiger partial charge on any atom is -0.354 e. The van der Waals surface area contributed by atoms with Crippen LogP contribution in [0.5, 0.6) is 0 Å². The number of halogens is 2. The molecule has 1 heterocycles. The van der Waals surface area contributed by atoms with E-state index in [1.165, 1.54) is 31.7 Å². The zero-order valence-electron chi connectivity index (χ0n) is 9.44. The van der Waals surface area contributed by atoms with E-state index in [1.54, 1.807) is 0 Å². The van der Waals surface area contributed by atoms with E-state index in [0.717, 1.165) is 24.3 Å². The number of nitrogens with zero attached hydrogens (tertiary/aromatic N) is 2. The van der Waals surface area contributed by atoms with Crippen molar-refractivity contribution in [3.05, 3.63) is 18.0 Å². The van der Waals surface area contributed by atoms with Crippen molar-refractivity contribution in [3.63, 3.8) is 0 Å². The summed E-state index contributed by atoms with van der Waals surface area (Å²) in [6.07, 6.45) is 3.96. The van der Waals surface area contributed by atoms with Crippen molar-refractivity contribution >= 4 is 5.95 Å². The van der Waals surface area contributed by atoms with Crippen molar-refractivity contribution in [3.8, 4) is 0 Å². The first-order valence-electron chi connectivity index (χ1n) is 6.08. The molecule has 0 amide bonds. The van der Waals surface area contributed by atoms with Crippen LogP contribution in [0.1, 0.15) is 31.3 Å². The molecule has 2 fully saturated rings. The predicted molar refractivity (Wildman–Crippen MR) is 59.8 cm³/mol. The van der Waals surface area contributed by atoms with E-state index in [1.807, 2.05) is 0 Å². The fraction of sp³-hybridized carbons (Fsp3) is 0.667. The Labute approximate surface area is 98.7 Å². The lowest BCUT2D eigenvalue weighted by atomic mass is 10.2. The third-order valence-corrected chi connectivity index (χ3v) is 3.65. The molecule has 0 saturated heterocycles. The van der Waals surface area contributed by atoms with Crippen LogP contribution in [-0.4, -0.2) is 16.5 Å². The van der Waals surface area contributed by atoms with Gasteiger partial charge >= 0.3 is 0 Å². The molecule has 0 aromatic carbocycles. The summed E-state index contributed by atoms with van der Waals surface area (Å²) in [6, 6.07) is 0. The first kappa shape index (κ1) is 10.9. The first-order chi connectivity index (χ1) is 8.24. The van der Waals surface area contributed by atoms with Crippen molar-refractivity contribution in [2.45, 2.75) is 25.7 Å². The molecule has 0 bridgehead atoms. The van der Waals surface area contributed by atoms with Crippen LogP contribution in [0.4, 0.5) is 14.7 Å². The minimum absolute atomic E-state index is 0.127. The number of alkyl halides is 2. The first-order valence-corrected chi connectivity index (χ1v) is 6.08. The van der Waals surface area contributed by atoms with E-state index in [-0.39, 0.29) is 5.56 Å². The molecule has 2 aliphatic carbocycles. The maximum absolute atomic E-state index is 12.3. The van der Waals surface area contributed by atoms with Crippen molar-refractivity contribution in [1.82, 2.24) is 9.97 Å². The summed E-state index contributed by atoms with van der Waals surface area (Å²) < 4.78 is 24.5. The summed E-state index contributed by atoms with van der Waals surface area (Å²) in [5.74, 6) is 3.04. The van der Waals surface area contributed by atoms with Crippen LogP contribution in [0.3, 0.4) is 0 Å². The monoisotopic (exact) mass is 239 g/mol. The topological polar surface area (TPSA) is 37.8 Å². The van der Waals surface area contributed by atoms with Crippen LogP contribution >= 0.6 is 0 Å². The molecular formula is C12H15F2N3. The summed E-state index contributed by atoms with van der Waals surface area (Å²) in [4.78, 5) is 7.77. The predicted octanol–water partition coefficient (Wildman–Crippen LogP) is 2.87. The Morgan fingerprint density at radius 1 is 1.29 bits per heavy atom. The standard InChI is InChI=1S/C12H15F2N3/c13-11(14)9-5-16-12(17-6-9)15-4-8-3-10(8)7-1-2-7/h5-8,10-11H,1-4H2,(H,15,16,17)/t8-,10-/m0/s1. The van der Waals surface area contributed by atoms with Crippen molar-refractivity contribution in [1.29, 1.82) is 0 Å². The van der Waals surface area contributed by atoms with Gasteiger partial charge in [0.25, 0.3) is 6.43 Å². The highest BCUT2D eigenvalue weighted by Crippen LogP contribution is 2.54. The van der Waals surface area contributed by atoms with E-state index >= 15 is 0 Å². The Balaban J connectivity index is 1.48. The molecule has 2 saturated carbocycles. The van der Waals surface area contributed by atoms with Gasteiger partial charge in [-0.1, -0.05) is 0 Å². The van der Waals surface area contributed by atoms with Crippen LogP contribution in [0.15, 0.2) is 12.4 Å². The van der Waals surface area contributed by atoms with Crippen molar-refractivity contribution in [2.24, 2.45) is 17.8 Å². The molecule has 1 aromatic heterocycles. The molecule has 5 heteroatoms. The maximum atomic E-state index is 12.3. The van der Waals surface area contributed by atoms with Gasteiger partial charge in [0, 0.05) is 18.9 Å². The van der Waals surface area contributed by atoms with Crippen molar-refractivity contribution < 1.29 is 8.78 Å². The van der Waals surface area contributed by atoms with E-state index in [4.69, 9.17) is 0 Å². The smallest absolute Gasteiger partial charge is 0.266 e. The summed E-state index contributed by atoms with van der Waals surface area (Å²) in [5, 5.41) is 3.12. The second-order valence-corrected chi connectivity index (χ2v) is 5.02. The van der Waals surface area contributed by atoms with Crippen LogP contribution in [-0.2, 0) is 0 Å². The van der Waals surface area contributed by atoms with Crippen LogP contribution < -0.4 is 5.32 Å². The van der Waals surface area contributed by atoms with Gasteiger partial charge < -0.3 is 5.32 Å². The fourth-order valence-corrected chi connectivity index (χ4v) is 2.37. The Morgan fingerprint density at radius 3 is 2.59 bits per heavy atom. The van der Waals surface area contributed by atoms with Gasteiger partial charge in [0.1, 0.15) is 0 Å². The average Bonchev–Trinajstić information content (AvgIpc) is 3.18. The van der Waals surface area contributed by atoms with E-state index in [0.29, 0.717) is 5.95 Å². The normalized spacial score (nSPS) is 27.2.